The third-order valence-corrected chi connectivity index (χ3v) is 5.14. The predicted molar refractivity (Wildman–Crippen MR) is 108 cm³/mol. The van der Waals surface area contributed by atoms with Gasteiger partial charge in [0.2, 0.25) is 0 Å². The third kappa shape index (κ3) is 3.58. The van der Waals surface area contributed by atoms with Gasteiger partial charge in [-0.2, -0.15) is 0 Å². The van der Waals surface area contributed by atoms with Crippen LogP contribution >= 0.6 is 0 Å². The molecule has 2 N–H and O–H groups in total. The zero-order valence-corrected chi connectivity index (χ0v) is 15.7. The maximum atomic E-state index is 9.93. The highest BCUT2D eigenvalue weighted by Gasteiger charge is 2.23. The summed E-state index contributed by atoms with van der Waals surface area (Å²) in [5.74, 6) is 0.854. The molecule has 0 radical (unpaired) electrons. The lowest BCUT2D eigenvalue weighted by Gasteiger charge is -2.29. The second kappa shape index (κ2) is 7.35. The Kier molecular flexibility index (Phi) is 4.91. The molecule has 4 rings (SSSR count). The fourth-order valence-electron chi connectivity index (χ4n) is 3.74. The van der Waals surface area contributed by atoms with Crippen LogP contribution in [0.25, 0.3) is 11.0 Å². The van der Waals surface area contributed by atoms with Gasteiger partial charge < -0.3 is 24.3 Å². The first-order valence-corrected chi connectivity index (χ1v) is 9.28. The van der Waals surface area contributed by atoms with E-state index < -0.39 is 7.12 Å². The molecule has 1 aliphatic rings. The van der Waals surface area contributed by atoms with Gasteiger partial charge in [0.05, 0.1) is 24.2 Å². The lowest BCUT2D eigenvalue weighted by Crippen LogP contribution is -2.38. The quantitative estimate of drug-likeness (QED) is 0.681. The zero-order chi connectivity index (χ0) is 19.0. The summed E-state index contributed by atoms with van der Waals surface area (Å²) in [5.41, 5.74) is 5.39. The molecule has 0 atom stereocenters. The molecule has 1 fully saturated rings. The summed E-state index contributed by atoms with van der Waals surface area (Å²) in [6, 6.07) is 12.3. The van der Waals surface area contributed by atoms with Gasteiger partial charge in [0.15, 0.2) is 0 Å². The van der Waals surface area contributed by atoms with Crippen LogP contribution in [0.2, 0.25) is 0 Å². The minimum atomic E-state index is -1.56. The zero-order valence-electron chi connectivity index (χ0n) is 15.7. The Labute approximate surface area is 159 Å². The van der Waals surface area contributed by atoms with Gasteiger partial charge in [-0.05, 0) is 31.5 Å². The molecule has 2 heterocycles. The van der Waals surface area contributed by atoms with Gasteiger partial charge in [-0.15, -0.1) is 0 Å². The van der Waals surface area contributed by atoms with E-state index in [-0.39, 0.29) is 0 Å². The van der Waals surface area contributed by atoms with Crippen molar-refractivity contribution < 1.29 is 14.8 Å². The predicted octanol–water partition coefficient (Wildman–Crippen LogP) is 1.22. The van der Waals surface area contributed by atoms with E-state index in [0.29, 0.717) is 30.7 Å². The van der Waals surface area contributed by atoms with Crippen LogP contribution < -0.4 is 10.4 Å². The summed E-state index contributed by atoms with van der Waals surface area (Å²) in [6.45, 7) is 7.66. The minimum absolute atomic E-state index is 0.445. The molecule has 1 aromatic heterocycles. The second-order valence-electron chi connectivity index (χ2n) is 7.11. The summed E-state index contributed by atoms with van der Waals surface area (Å²) in [6.07, 6.45) is 0. The van der Waals surface area contributed by atoms with Gasteiger partial charge in [0.1, 0.15) is 5.82 Å². The van der Waals surface area contributed by atoms with E-state index in [1.165, 1.54) is 11.1 Å². The normalized spacial score (nSPS) is 14.7. The topological polar surface area (TPSA) is 70.8 Å². The molecule has 0 spiro atoms. The first-order valence-electron chi connectivity index (χ1n) is 9.28. The highest BCUT2D eigenvalue weighted by Crippen LogP contribution is 2.24. The molecule has 3 aromatic rings. The average molecular weight is 365 g/mol. The van der Waals surface area contributed by atoms with Gasteiger partial charge in [-0.1, -0.05) is 29.8 Å². The van der Waals surface area contributed by atoms with Crippen LogP contribution in [0.5, 0.6) is 0 Å². The van der Waals surface area contributed by atoms with Crippen LogP contribution in [0.15, 0.2) is 36.4 Å². The van der Waals surface area contributed by atoms with Gasteiger partial charge in [0.25, 0.3) is 0 Å². The fourth-order valence-corrected chi connectivity index (χ4v) is 3.74. The van der Waals surface area contributed by atoms with Crippen LogP contribution in [-0.4, -0.2) is 53.0 Å². The number of hydrogen-bond acceptors (Lipinski definition) is 5. The molecule has 0 amide bonds. The van der Waals surface area contributed by atoms with Gasteiger partial charge in [0, 0.05) is 30.8 Å². The summed E-state index contributed by atoms with van der Waals surface area (Å²) < 4.78 is 7.59. The van der Waals surface area contributed by atoms with E-state index in [1.54, 1.807) is 0 Å². The number of fused-ring (bicyclic) bond motifs is 1. The standard InChI is InChI=1S/C20H24BN3O3/c1-14-4-3-5-16(10-14)13-24-15(2)22-20-18(21(25)26)11-17(12-19(20)24)23-6-8-27-9-7-23/h3-5,10-12,25-26H,6-9,13H2,1-2H3. The Balaban J connectivity index is 1.83. The molecule has 1 aliphatic heterocycles. The minimum Gasteiger partial charge on any atom is -0.423 e. The number of rotatable bonds is 4. The summed E-state index contributed by atoms with van der Waals surface area (Å²) in [5, 5.41) is 19.9. The Morgan fingerprint density at radius 3 is 2.59 bits per heavy atom. The molecule has 6 nitrogen and oxygen atoms in total. The third-order valence-electron chi connectivity index (χ3n) is 5.14. The van der Waals surface area contributed by atoms with E-state index in [2.05, 4.69) is 51.7 Å². The molecule has 7 heteroatoms. The lowest BCUT2D eigenvalue weighted by molar-refractivity contribution is 0.122. The molecule has 0 unspecified atom stereocenters. The number of benzene rings is 2. The van der Waals surface area contributed by atoms with Crippen molar-refractivity contribution in [2.45, 2.75) is 20.4 Å². The van der Waals surface area contributed by atoms with Crippen molar-refractivity contribution in [1.82, 2.24) is 9.55 Å². The van der Waals surface area contributed by atoms with Crippen molar-refractivity contribution in [3.05, 3.63) is 53.3 Å². The Hall–Kier alpha value is -2.35. The van der Waals surface area contributed by atoms with E-state index in [0.717, 1.165) is 30.1 Å². The summed E-state index contributed by atoms with van der Waals surface area (Å²) in [4.78, 5) is 6.86. The Bertz CT molecular complexity index is 965. The molecule has 27 heavy (non-hydrogen) atoms. The first-order chi connectivity index (χ1) is 13.0. The van der Waals surface area contributed by atoms with Crippen molar-refractivity contribution >= 4 is 29.3 Å². The van der Waals surface area contributed by atoms with Crippen LogP contribution in [0.1, 0.15) is 17.0 Å². The number of aromatic nitrogens is 2. The second-order valence-corrected chi connectivity index (χ2v) is 7.11. The fraction of sp³-hybridized carbons (Fsp3) is 0.350. The van der Waals surface area contributed by atoms with E-state index in [1.807, 2.05) is 13.0 Å². The van der Waals surface area contributed by atoms with Crippen molar-refractivity contribution in [2.75, 3.05) is 31.2 Å². The van der Waals surface area contributed by atoms with E-state index >= 15 is 0 Å². The molecule has 140 valence electrons. The number of morpholine rings is 1. The monoisotopic (exact) mass is 365 g/mol. The van der Waals surface area contributed by atoms with E-state index in [4.69, 9.17) is 4.74 Å². The van der Waals surface area contributed by atoms with Gasteiger partial charge >= 0.3 is 7.12 Å². The van der Waals surface area contributed by atoms with Crippen molar-refractivity contribution in [1.29, 1.82) is 0 Å². The van der Waals surface area contributed by atoms with Crippen molar-refractivity contribution in [3.8, 4) is 0 Å². The molecule has 0 saturated carbocycles. The van der Waals surface area contributed by atoms with Gasteiger partial charge in [-0.25, -0.2) is 4.98 Å². The lowest BCUT2D eigenvalue weighted by atomic mass is 9.79. The van der Waals surface area contributed by atoms with Crippen LogP contribution in [-0.2, 0) is 11.3 Å². The summed E-state index contributed by atoms with van der Waals surface area (Å²) in [7, 11) is -1.56. The number of hydrogen-bond donors (Lipinski definition) is 2. The maximum Gasteiger partial charge on any atom is 0.490 e. The SMILES string of the molecule is Cc1cccc(Cn2c(C)nc3c(B(O)O)cc(N4CCOCC4)cc32)c1. The first kappa shape index (κ1) is 18.0. The molecule has 1 saturated heterocycles. The Morgan fingerprint density at radius 2 is 1.89 bits per heavy atom. The summed E-state index contributed by atoms with van der Waals surface area (Å²) >= 11 is 0. The van der Waals surface area contributed by atoms with Crippen molar-refractivity contribution in [3.63, 3.8) is 0 Å². The smallest absolute Gasteiger partial charge is 0.423 e. The Morgan fingerprint density at radius 1 is 1.11 bits per heavy atom. The van der Waals surface area contributed by atoms with E-state index in [9.17, 15) is 10.0 Å². The molecule has 0 bridgehead atoms. The average Bonchev–Trinajstić information content (AvgIpc) is 2.97. The van der Waals surface area contributed by atoms with Crippen molar-refractivity contribution in [2.24, 2.45) is 0 Å². The number of ether oxygens (including phenoxy) is 1. The maximum absolute atomic E-state index is 9.93. The number of aryl methyl sites for hydroxylation is 2. The van der Waals surface area contributed by atoms with Crippen LogP contribution in [0, 0.1) is 13.8 Å². The highest BCUT2D eigenvalue weighted by molar-refractivity contribution is 6.61. The molecular weight excluding hydrogens is 341 g/mol. The highest BCUT2D eigenvalue weighted by atomic mass is 16.5. The van der Waals surface area contributed by atoms with Gasteiger partial charge in [-0.3, -0.25) is 0 Å². The number of imidazole rings is 1. The largest absolute Gasteiger partial charge is 0.490 e. The molecule has 2 aromatic carbocycles. The van der Waals surface area contributed by atoms with Crippen LogP contribution in [0.3, 0.4) is 0 Å². The molecular formula is C20H24BN3O3. The molecule has 0 aliphatic carbocycles. The number of anilines is 1. The number of nitrogens with zero attached hydrogens (tertiary/aromatic N) is 3. The van der Waals surface area contributed by atoms with Crippen LogP contribution in [0.4, 0.5) is 5.69 Å².